The lowest BCUT2D eigenvalue weighted by molar-refractivity contribution is 0.684. The average Bonchev–Trinajstić information content (AvgIpc) is 3.42. The summed E-state index contributed by atoms with van der Waals surface area (Å²) in [5, 5.41) is 1.28. The first kappa shape index (κ1) is 13.1. The minimum Gasteiger partial charge on any atom is -0.382 e. The highest BCUT2D eigenvalue weighted by Crippen LogP contribution is 2.43. The first-order valence-corrected chi connectivity index (χ1v) is 8.64. The van der Waals surface area contributed by atoms with E-state index in [2.05, 4.69) is 33.5 Å². The molecule has 2 fully saturated rings. The van der Waals surface area contributed by atoms with Gasteiger partial charge in [0.2, 0.25) is 0 Å². The Bertz CT molecular complexity index is 600. The van der Waals surface area contributed by atoms with Gasteiger partial charge in [-0.1, -0.05) is 30.3 Å². The van der Waals surface area contributed by atoms with E-state index in [4.69, 9.17) is 5.73 Å². The average molecular weight is 299 g/mol. The maximum Gasteiger partial charge on any atom is 0.147 e. The molecule has 0 bridgehead atoms. The number of anilines is 2. The Hall–Kier alpha value is -1.55. The van der Waals surface area contributed by atoms with Gasteiger partial charge >= 0.3 is 0 Å². The molecule has 0 atom stereocenters. The molecule has 3 nitrogen and oxygen atoms in total. The van der Waals surface area contributed by atoms with E-state index in [0.717, 1.165) is 17.4 Å². The van der Waals surface area contributed by atoms with Gasteiger partial charge in [-0.3, -0.25) is 0 Å². The summed E-state index contributed by atoms with van der Waals surface area (Å²) < 4.78 is 4.45. The standard InChI is InChI=1S/C17H21N3S/c18-16-15(14-4-2-1-3-5-14)17(21-19-16)20(10-12-6-7-12)11-13-8-9-13/h1-5,12-13H,6-11H2,(H2,18,19). The van der Waals surface area contributed by atoms with Gasteiger partial charge in [-0.05, 0) is 54.6 Å². The number of hydrogen-bond donors (Lipinski definition) is 1. The Morgan fingerprint density at radius 3 is 2.24 bits per heavy atom. The summed E-state index contributed by atoms with van der Waals surface area (Å²) in [6.07, 6.45) is 5.54. The number of aromatic nitrogens is 1. The topological polar surface area (TPSA) is 42.1 Å². The summed E-state index contributed by atoms with van der Waals surface area (Å²) in [7, 11) is 0. The van der Waals surface area contributed by atoms with Crippen molar-refractivity contribution in [1.29, 1.82) is 0 Å². The molecule has 4 heteroatoms. The number of hydrogen-bond acceptors (Lipinski definition) is 4. The van der Waals surface area contributed by atoms with Crippen LogP contribution in [0.15, 0.2) is 30.3 Å². The highest BCUT2D eigenvalue weighted by atomic mass is 32.1. The summed E-state index contributed by atoms with van der Waals surface area (Å²) in [6.45, 7) is 2.36. The second-order valence-corrected chi connectivity index (χ2v) is 7.16. The van der Waals surface area contributed by atoms with Gasteiger partial charge in [0.05, 0.1) is 5.56 Å². The SMILES string of the molecule is Nc1nsc(N(CC2CC2)CC2CC2)c1-c1ccccc1. The van der Waals surface area contributed by atoms with E-state index in [1.165, 1.54) is 49.3 Å². The molecule has 0 spiro atoms. The lowest BCUT2D eigenvalue weighted by Crippen LogP contribution is -2.27. The molecule has 0 radical (unpaired) electrons. The molecule has 1 aromatic carbocycles. The second kappa shape index (κ2) is 5.34. The number of benzene rings is 1. The Morgan fingerprint density at radius 1 is 1.05 bits per heavy atom. The largest absolute Gasteiger partial charge is 0.382 e. The van der Waals surface area contributed by atoms with Crippen molar-refractivity contribution in [2.45, 2.75) is 25.7 Å². The molecule has 0 unspecified atom stereocenters. The fraction of sp³-hybridized carbons (Fsp3) is 0.471. The molecule has 2 saturated carbocycles. The van der Waals surface area contributed by atoms with Crippen LogP contribution in [0.4, 0.5) is 10.8 Å². The predicted octanol–water partition coefficient (Wildman–Crippen LogP) is 4.02. The quantitative estimate of drug-likeness (QED) is 0.876. The minimum atomic E-state index is 0.679. The van der Waals surface area contributed by atoms with Crippen LogP contribution in [0.1, 0.15) is 25.7 Å². The summed E-state index contributed by atoms with van der Waals surface area (Å²) in [5.41, 5.74) is 8.51. The zero-order valence-electron chi connectivity index (χ0n) is 12.2. The van der Waals surface area contributed by atoms with Gasteiger partial charge in [-0.25, -0.2) is 0 Å². The molecule has 0 amide bonds. The molecule has 1 aromatic heterocycles. The van der Waals surface area contributed by atoms with Gasteiger partial charge < -0.3 is 10.6 Å². The number of rotatable bonds is 6. The maximum atomic E-state index is 6.18. The van der Waals surface area contributed by atoms with Crippen molar-refractivity contribution in [2.24, 2.45) is 11.8 Å². The molecule has 0 saturated heterocycles. The van der Waals surface area contributed by atoms with Crippen LogP contribution in [-0.2, 0) is 0 Å². The third-order valence-corrected chi connectivity index (χ3v) is 5.32. The van der Waals surface area contributed by atoms with Gasteiger partial charge in [0.25, 0.3) is 0 Å². The molecular weight excluding hydrogens is 278 g/mol. The van der Waals surface area contributed by atoms with Crippen molar-refractivity contribution in [3.8, 4) is 11.1 Å². The van der Waals surface area contributed by atoms with Crippen LogP contribution < -0.4 is 10.6 Å². The molecule has 2 aliphatic rings. The number of nitrogen functional groups attached to an aromatic ring is 1. The molecule has 2 aliphatic carbocycles. The third-order valence-electron chi connectivity index (χ3n) is 4.40. The first-order valence-electron chi connectivity index (χ1n) is 7.87. The van der Waals surface area contributed by atoms with Crippen LogP contribution >= 0.6 is 11.5 Å². The van der Waals surface area contributed by atoms with E-state index in [0.29, 0.717) is 5.82 Å². The monoisotopic (exact) mass is 299 g/mol. The maximum absolute atomic E-state index is 6.18. The molecule has 110 valence electrons. The van der Waals surface area contributed by atoms with Gasteiger partial charge in [0, 0.05) is 13.1 Å². The lowest BCUT2D eigenvalue weighted by Gasteiger charge is -2.24. The Balaban J connectivity index is 1.68. The molecule has 2 N–H and O–H groups in total. The van der Waals surface area contributed by atoms with E-state index in [1.807, 2.05) is 6.07 Å². The van der Waals surface area contributed by atoms with Crippen LogP contribution in [0.5, 0.6) is 0 Å². The van der Waals surface area contributed by atoms with E-state index in [1.54, 1.807) is 11.5 Å². The summed E-state index contributed by atoms with van der Waals surface area (Å²) in [6, 6.07) is 10.5. The number of nitrogens with zero attached hydrogens (tertiary/aromatic N) is 2. The third kappa shape index (κ3) is 2.91. The van der Waals surface area contributed by atoms with Crippen LogP contribution in [0.2, 0.25) is 0 Å². The highest BCUT2D eigenvalue weighted by Gasteiger charge is 2.31. The van der Waals surface area contributed by atoms with Crippen LogP contribution in [-0.4, -0.2) is 17.5 Å². The molecule has 2 aromatic rings. The van der Waals surface area contributed by atoms with Crippen LogP contribution in [0, 0.1) is 11.8 Å². The minimum absolute atomic E-state index is 0.679. The van der Waals surface area contributed by atoms with Gasteiger partial charge in [-0.15, -0.1) is 0 Å². The summed E-state index contributed by atoms with van der Waals surface area (Å²) in [4.78, 5) is 2.56. The summed E-state index contributed by atoms with van der Waals surface area (Å²) >= 11 is 1.57. The normalized spacial score (nSPS) is 17.9. The lowest BCUT2D eigenvalue weighted by atomic mass is 10.1. The van der Waals surface area contributed by atoms with Gasteiger partial charge in [0.1, 0.15) is 10.8 Å². The van der Waals surface area contributed by atoms with Crippen molar-refractivity contribution >= 4 is 22.4 Å². The van der Waals surface area contributed by atoms with Crippen LogP contribution in [0.3, 0.4) is 0 Å². The van der Waals surface area contributed by atoms with Gasteiger partial charge in [-0.2, -0.15) is 4.37 Å². The van der Waals surface area contributed by atoms with E-state index < -0.39 is 0 Å². The highest BCUT2D eigenvalue weighted by molar-refractivity contribution is 7.11. The molecule has 21 heavy (non-hydrogen) atoms. The molecular formula is C17H21N3S. The zero-order chi connectivity index (χ0) is 14.2. The van der Waals surface area contributed by atoms with Crippen molar-refractivity contribution in [1.82, 2.24) is 4.37 Å². The fourth-order valence-corrected chi connectivity index (χ4v) is 3.70. The predicted molar refractivity (Wildman–Crippen MR) is 89.6 cm³/mol. The second-order valence-electron chi connectivity index (χ2n) is 6.41. The Labute approximate surface area is 129 Å². The molecule has 1 heterocycles. The van der Waals surface area contributed by atoms with Crippen molar-refractivity contribution in [3.05, 3.63) is 30.3 Å². The first-order chi connectivity index (χ1) is 10.3. The van der Waals surface area contributed by atoms with Crippen molar-refractivity contribution in [3.63, 3.8) is 0 Å². The fourth-order valence-electron chi connectivity index (χ4n) is 2.85. The molecule has 0 aliphatic heterocycles. The van der Waals surface area contributed by atoms with E-state index in [-0.39, 0.29) is 0 Å². The zero-order valence-corrected chi connectivity index (χ0v) is 13.0. The Kier molecular flexibility index (Phi) is 3.34. The number of nitrogens with two attached hydrogens (primary N) is 1. The Morgan fingerprint density at radius 2 is 1.67 bits per heavy atom. The van der Waals surface area contributed by atoms with Crippen molar-refractivity contribution < 1.29 is 0 Å². The smallest absolute Gasteiger partial charge is 0.147 e. The molecule has 4 rings (SSSR count). The van der Waals surface area contributed by atoms with Gasteiger partial charge in [0.15, 0.2) is 0 Å². The van der Waals surface area contributed by atoms with Crippen LogP contribution in [0.25, 0.3) is 11.1 Å². The van der Waals surface area contributed by atoms with Crippen molar-refractivity contribution in [2.75, 3.05) is 23.7 Å². The summed E-state index contributed by atoms with van der Waals surface area (Å²) in [5.74, 6) is 2.45. The van der Waals surface area contributed by atoms with E-state index >= 15 is 0 Å². The van der Waals surface area contributed by atoms with E-state index in [9.17, 15) is 0 Å².